The molecule has 0 aliphatic heterocycles. The zero-order valence-corrected chi connectivity index (χ0v) is 12.5. The van der Waals surface area contributed by atoms with Crippen LogP contribution in [0.4, 0.5) is 0 Å². The molecule has 2 fully saturated rings. The largest absolute Gasteiger partial charge is 0.271 e. The molecular formula is C15H16Cl2N2O. The van der Waals surface area contributed by atoms with Crippen LogP contribution in [0.5, 0.6) is 0 Å². The number of benzene rings is 1. The summed E-state index contributed by atoms with van der Waals surface area (Å²) in [6, 6.07) is 4.79. The molecule has 2 aliphatic carbocycles. The summed E-state index contributed by atoms with van der Waals surface area (Å²) in [5.74, 6) is 1.92. The molecule has 3 rings (SSSR count). The van der Waals surface area contributed by atoms with E-state index < -0.39 is 0 Å². The average molecular weight is 311 g/mol. The van der Waals surface area contributed by atoms with Gasteiger partial charge in [0, 0.05) is 11.8 Å². The van der Waals surface area contributed by atoms with Crippen molar-refractivity contribution in [2.24, 2.45) is 22.9 Å². The third-order valence-electron chi connectivity index (χ3n) is 4.41. The van der Waals surface area contributed by atoms with Gasteiger partial charge in [-0.05, 0) is 55.2 Å². The highest BCUT2D eigenvalue weighted by atomic mass is 35.5. The van der Waals surface area contributed by atoms with Crippen molar-refractivity contribution in [3.05, 3.63) is 33.8 Å². The van der Waals surface area contributed by atoms with Crippen LogP contribution in [0.1, 0.15) is 36.0 Å². The molecule has 20 heavy (non-hydrogen) atoms. The van der Waals surface area contributed by atoms with E-state index in [0.717, 1.165) is 11.8 Å². The van der Waals surface area contributed by atoms with E-state index in [1.807, 2.05) is 6.21 Å². The van der Waals surface area contributed by atoms with Gasteiger partial charge in [-0.1, -0.05) is 29.6 Å². The Morgan fingerprint density at radius 1 is 1.25 bits per heavy atom. The Bertz CT molecular complexity index is 559. The first-order valence-corrected chi connectivity index (χ1v) is 7.67. The van der Waals surface area contributed by atoms with E-state index in [0.29, 0.717) is 21.5 Å². The summed E-state index contributed by atoms with van der Waals surface area (Å²) in [5.41, 5.74) is 3.02. The number of amides is 1. The minimum absolute atomic E-state index is 0.261. The Labute approximate surface area is 128 Å². The van der Waals surface area contributed by atoms with Gasteiger partial charge in [0.05, 0.1) is 10.0 Å². The fourth-order valence-corrected chi connectivity index (χ4v) is 3.67. The molecule has 0 heterocycles. The standard InChI is InChI=1S/C15H16Cl2N2O/c16-13-4-3-11(7-14(13)17)15(20)19-18-8-12-6-9-1-2-10(12)5-9/h3-4,7-10,12H,1-2,5-6H2,(H,19,20)/b18-8-/t9-,10+,12-/m0/s1. The van der Waals surface area contributed by atoms with Crippen LogP contribution in [-0.2, 0) is 0 Å². The molecule has 3 nitrogen and oxygen atoms in total. The second-order valence-corrected chi connectivity index (χ2v) is 6.50. The maximum Gasteiger partial charge on any atom is 0.271 e. The third-order valence-corrected chi connectivity index (χ3v) is 5.15. The smallest absolute Gasteiger partial charge is 0.267 e. The van der Waals surface area contributed by atoms with Crippen LogP contribution in [0.2, 0.25) is 10.0 Å². The van der Waals surface area contributed by atoms with Gasteiger partial charge < -0.3 is 0 Å². The highest BCUT2D eigenvalue weighted by molar-refractivity contribution is 6.42. The molecule has 0 unspecified atom stereocenters. The van der Waals surface area contributed by atoms with Gasteiger partial charge in [-0.3, -0.25) is 4.79 Å². The van der Waals surface area contributed by atoms with Crippen molar-refractivity contribution < 1.29 is 4.79 Å². The molecule has 106 valence electrons. The lowest BCUT2D eigenvalue weighted by molar-refractivity contribution is 0.0955. The number of hydrazone groups is 1. The van der Waals surface area contributed by atoms with Crippen molar-refractivity contribution in [2.75, 3.05) is 0 Å². The number of rotatable bonds is 3. The molecule has 1 aromatic carbocycles. The first kappa shape index (κ1) is 13.9. The van der Waals surface area contributed by atoms with Crippen LogP contribution < -0.4 is 5.43 Å². The van der Waals surface area contributed by atoms with Gasteiger partial charge in [-0.2, -0.15) is 5.10 Å². The third kappa shape index (κ3) is 2.84. The molecule has 2 bridgehead atoms. The Balaban J connectivity index is 1.57. The topological polar surface area (TPSA) is 41.5 Å². The van der Waals surface area contributed by atoms with Crippen LogP contribution in [0.25, 0.3) is 0 Å². The molecule has 0 aromatic heterocycles. The van der Waals surface area contributed by atoms with Gasteiger partial charge in [0.25, 0.3) is 5.91 Å². The van der Waals surface area contributed by atoms with Gasteiger partial charge in [-0.15, -0.1) is 0 Å². The van der Waals surface area contributed by atoms with Crippen molar-refractivity contribution in [1.82, 2.24) is 5.43 Å². The van der Waals surface area contributed by atoms with Gasteiger partial charge >= 0.3 is 0 Å². The molecule has 0 radical (unpaired) electrons. The van der Waals surface area contributed by atoms with Crippen LogP contribution in [0.15, 0.2) is 23.3 Å². The second-order valence-electron chi connectivity index (χ2n) is 5.69. The molecular weight excluding hydrogens is 295 g/mol. The predicted molar refractivity (Wildman–Crippen MR) is 81.4 cm³/mol. The van der Waals surface area contributed by atoms with E-state index >= 15 is 0 Å². The summed E-state index contributed by atoms with van der Waals surface area (Å²) in [6.45, 7) is 0. The van der Waals surface area contributed by atoms with Crippen molar-refractivity contribution in [2.45, 2.75) is 25.7 Å². The highest BCUT2D eigenvalue weighted by Crippen LogP contribution is 2.47. The minimum atomic E-state index is -0.261. The zero-order valence-electron chi connectivity index (χ0n) is 11.0. The van der Waals surface area contributed by atoms with Gasteiger partial charge in [0.1, 0.15) is 0 Å². The first-order valence-electron chi connectivity index (χ1n) is 6.92. The Kier molecular flexibility index (Phi) is 3.99. The summed E-state index contributed by atoms with van der Waals surface area (Å²) in [4.78, 5) is 11.9. The highest BCUT2D eigenvalue weighted by Gasteiger charge is 2.38. The number of halogens is 2. The molecule has 2 saturated carbocycles. The SMILES string of the molecule is O=C(N/N=C\[C@@H]1C[C@H]2CC[C@@H]1C2)c1ccc(Cl)c(Cl)c1. The van der Waals surface area contributed by atoms with Crippen LogP contribution in [-0.4, -0.2) is 12.1 Å². The molecule has 0 saturated heterocycles. The summed E-state index contributed by atoms with van der Waals surface area (Å²) >= 11 is 11.7. The minimum Gasteiger partial charge on any atom is -0.267 e. The van der Waals surface area contributed by atoms with E-state index in [1.54, 1.807) is 18.2 Å². The van der Waals surface area contributed by atoms with Gasteiger partial charge in [0.15, 0.2) is 0 Å². The number of carbonyl (C=O) groups excluding carboxylic acids is 1. The van der Waals surface area contributed by atoms with E-state index in [4.69, 9.17) is 23.2 Å². The maximum atomic E-state index is 11.9. The number of nitrogens with one attached hydrogen (secondary N) is 1. The first-order chi connectivity index (χ1) is 9.63. The normalized spacial score (nSPS) is 28.2. The summed E-state index contributed by atoms with van der Waals surface area (Å²) < 4.78 is 0. The van der Waals surface area contributed by atoms with E-state index in [9.17, 15) is 4.79 Å². The maximum absolute atomic E-state index is 11.9. The van der Waals surface area contributed by atoms with Crippen LogP contribution in [0, 0.1) is 17.8 Å². The lowest BCUT2D eigenvalue weighted by Crippen LogP contribution is -2.20. The van der Waals surface area contributed by atoms with Crippen molar-refractivity contribution in [3.63, 3.8) is 0 Å². The van der Waals surface area contributed by atoms with E-state index in [1.165, 1.54) is 25.7 Å². The summed E-state index contributed by atoms with van der Waals surface area (Å²) in [7, 11) is 0. The quantitative estimate of drug-likeness (QED) is 0.661. The molecule has 0 spiro atoms. The zero-order chi connectivity index (χ0) is 14.1. The Morgan fingerprint density at radius 2 is 2.10 bits per heavy atom. The Hall–Kier alpha value is -1.06. The van der Waals surface area contributed by atoms with E-state index in [2.05, 4.69) is 10.5 Å². The van der Waals surface area contributed by atoms with E-state index in [-0.39, 0.29) is 5.91 Å². The van der Waals surface area contributed by atoms with Crippen LogP contribution >= 0.6 is 23.2 Å². The predicted octanol–water partition coefficient (Wildman–Crippen LogP) is 4.15. The molecule has 5 heteroatoms. The lowest BCUT2D eigenvalue weighted by Gasteiger charge is -2.16. The molecule has 1 N–H and O–H groups in total. The number of carbonyl (C=O) groups is 1. The lowest BCUT2D eigenvalue weighted by atomic mass is 9.90. The van der Waals surface area contributed by atoms with Crippen molar-refractivity contribution >= 4 is 35.3 Å². The fourth-order valence-electron chi connectivity index (χ4n) is 3.37. The van der Waals surface area contributed by atoms with Crippen molar-refractivity contribution in [3.8, 4) is 0 Å². The number of nitrogens with zero attached hydrogens (tertiary/aromatic N) is 1. The Morgan fingerprint density at radius 3 is 2.75 bits per heavy atom. The molecule has 2 aliphatic rings. The number of fused-ring (bicyclic) bond motifs is 2. The fraction of sp³-hybridized carbons (Fsp3) is 0.467. The molecule has 3 atom stereocenters. The molecule has 1 amide bonds. The molecule has 1 aromatic rings. The number of hydrogen-bond acceptors (Lipinski definition) is 2. The van der Waals surface area contributed by atoms with Gasteiger partial charge in [0.2, 0.25) is 0 Å². The monoisotopic (exact) mass is 310 g/mol. The van der Waals surface area contributed by atoms with Gasteiger partial charge in [-0.25, -0.2) is 5.43 Å². The second kappa shape index (κ2) is 5.74. The summed E-state index contributed by atoms with van der Waals surface area (Å²) in [5, 5.41) is 4.91. The van der Waals surface area contributed by atoms with Crippen molar-refractivity contribution in [1.29, 1.82) is 0 Å². The summed E-state index contributed by atoms with van der Waals surface area (Å²) in [6.07, 6.45) is 7.13. The average Bonchev–Trinajstić information content (AvgIpc) is 3.04. The number of hydrogen-bond donors (Lipinski definition) is 1. The van der Waals surface area contributed by atoms with Crippen LogP contribution in [0.3, 0.4) is 0 Å².